The Morgan fingerprint density at radius 3 is 2.12 bits per heavy atom. The first-order chi connectivity index (χ1) is 7.34. The summed E-state index contributed by atoms with van der Waals surface area (Å²) in [5.74, 6) is 0.933. The average Bonchev–Trinajstić information content (AvgIpc) is 2.12. The van der Waals surface area contributed by atoms with Crippen LogP contribution < -0.4 is 4.90 Å². The van der Waals surface area contributed by atoms with Gasteiger partial charge in [0.05, 0.1) is 20.0 Å². The molecule has 1 N–H and O–H groups in total. The van der Waals surface area contributed by atoms with Gasteiger partial charge in [0.25, 0.3) is 0 Å². The Labute approximate surface area is 100 Å². The summed E-state index contributed by atoms with van der Waals surface area (Å²) in [6, 6.07) is 0. The fourth-order valence-electron chi connectivity index (χ4n) is 1.61. The Hall–Kier alpha value is -0.570. The molecular formula is C13H28NO2+. The first kappa shape index (κ1) is 15.4. The van der Waals surface area contributed by atoms with Crippen molar-refractivity contribution in [2.24, 2.45) is 17.8 Å². The van der Waals surface area contributed by atoms with Crippen LogP contribution in [0.4, 0.5) is 0 Å². The molecule has 1 unspecified atom stereocenters. The van der Waals surface area contributed by atoms with Crippen LogP contribution in [-0.4, -0.2) is 33.2 Å². The fraction of sp³-hybridized carbons (Fsp3) is 0.923. The van der Waals surface area contributed by atoms with Crippen LogP contribution in [-0.2, 0) is 9.53 Å². The molecule has 3 heteroatoms. The standard InChI is InChI=1S/C13H27NO2/c1-10(2)9-12(11(3)4)13(15)16-8-7-14(5)6/h10-12H,7-9H2,1-6H3/p+1. The number of quaternary nitrogens is 1. The minimum Gasteiger partial charge on any atom is -0.459 e. The van der Waals surface area contributed by atoms with Gasteiger partial charge in [-0.3, -0.25) is 4.79 Å². The zero-order valence-electron chi connectivity index (χ0n) is 11.7. The highest BCUT2D eigenvalue weighted by atomic mass is 16.5. The van der Waals surface area contributed by atoms with E-state index in [1.807, 2.05) is 0 Å². The molecule has 0 rings (SSSR count). The zero-order chi connectivity index (χ0) is 12.7. The maximum absolute atomic E-state index is 11.9. The Morgan fingerprint density at radius 2 is 1.75 bits per heavy atom. The van der Waals surface area contributed by atoms with E-state index in [1.165, 1.54) is 4.90 Å². The molecule has 1 atom stereocenters. The summed E-state index contributed by atoms with van der Waals surface area (Å²) in [5.41, 5.74) is 0. The number of likely N-dealkylation sites (N-methyl/N-ethyl adjacent to an activating group) is 1. The van der Waals surface area contributed by atoms with Crippen LogP contribution in [0.15, 0.2) is 0 Å². The minimum absolute atomic E-state index is 0.0232. The molecule has 96 valence electrons. The number of nitrogens with one attached hydrogen (secondary N) is 1. The number of esters is 1. The third kappa shape index (κ3) is 6.83. The van der Waals surface area contributed by atoms with E-state index in [0.717, 1.165) is 13.0 Å². The highest BCUT2D eigenvalue weighted by Crippen LogP contribution is 2.21. The lowest BCUT2D eigenvalue weighted by molar-refractivity contribution is -0.858. The average molecular weight is 230 g/mol. The van der Waals surface area contributed by atoms with E-state index in [1.54, 1.807) is 0 Å². The lowest BCUT2D eigenvalue weighted by Crippen LogP contribution is -3.06. The summed E-state index contributed by atoms with van der Waals surface area (Å²) in [5, 5.41) is 0. The van der Waals surface area contributed by atoms with Crippen molar-refractivity contribution in [2.75, 3.05) is 27.2 Å². The van der Waals surface area contributed by atoms with E-state index < -0.39 is 0 Å². The van der Waals surface area contributed by atoms with Gasteiger partial charge in [-0.1, -0.05) is 27.7 Å². The van der Waals surface area contributed by atoms with Gasteiger partial charge in [-0.2, -0.15) is 0 Å². The first-order valence-corrected chi connectivity index (χ1v) is 6.30. The molecule has 0 aromatic heterocycles. The van der Waals surface area contributed by atoms with Gasteiger partial charge in [0.2, 0.25) is 0 Å². The Bertz CT molecular complexity index is 200. The van der Waals surface area contributed by atoms with Gasteiger partial charge in [0.15, 0.2) is 0 Å². The quantitative estimate of drug-likeness (QED) is 0.661. The Kier molecular flexibility index (Phi) is 7.39. The fourth-order valence-corrected chi connectivity index (χ4v) is 1.61. The smallest absolute Gasteiger partial charge is 0.309 e. The molecule has 0 radical (unpaired) electrons. The monoisotopic (exact) mass is 230 g/mol. The van der Waals surface area contributed by atoms with Crippen molar-refractivity contribution in [3.05, 3.63) is 0 Å². The van der Waals surface area contributed by atoms with Crippen LogP contribution in [0.2, 0.25) is 0 Å². The van der Waals surface area contributed by atoms with Crippen molar-refractivity contribution in [1.29, 1.82) is 0 Å². The molecule has 0 saturated heterocycles. The van der Waals surface area contributed by atoms with Crippen LogP contribution >= 0.6 is 0 Å². The molecule has 0 aliphatic heterocycles. The predicted octanol–water partition coefficient (Wildman–Crippen LogP) is 0.992. The van der Waals surface area contributed by atoms with Gasteiger partial charge >= 0.3 is 5.97 Å². The van der Waals surface area contributed by atoms with Crippen molar-refractivity contribution < 1.29 is 14.4 Å². The third-order valence-electron chi connectivity index (χ3n) is 2.68. The molecule has 0 bridgehead atoms. The highest BCUT2D eigenvalue weighted by molar-refractivity contribution is 5.72. The Morgan fingerprint density at radius 1 is 1.19 bits per heavy atom. The molecule has 0 fully saturated rings. The zero-order valence-corrected chi connectivity index (χ0v) is 11.7. The van der Waals surface area contributed by atoms with Gasteiger partial charge in [0.1, 0.15) is 13.2 Å². The molecule has 0 aliphatic rings. The molecule has 3 nitrogen and oxygen atoms in total. The topological polar surface area (TPSA) is 30.7 Å². The van der Waals surface area contributed by atoms with Gasteiger partial charge in [-0.15, -0.1) is 0 Å². The molecule has 16 heavy (non-hydrogen) atoms. The predicted molar refractivity (Wildman–Crippen MR) is 66.4 cm³/mol. The van der Waals surface area contributed by atoms with E-state index in [4.69, 9.17) is 4.74 Å². The van der Waals surface area contributed by atoms with Crippen LogP contribution in [0.5, 0.6) is 0 Å². The number of carbonyl (C=O) groups excluding carboxylic acids is 1. The lowest BCUT2D eigenvalue weighted by Gasteiger charge is -2.21. The second-order valence-corrected chi connectivity index (χ2v) is 5.60. The SMILES string of the molecule is CC(C)CC(C(=O)OCC[NH+](C)C)C(C)C. The molecule has 0 aromatic rings. The van der Waals surface area contributed by atoms with Gasteiger partial charge < -0.3 is 9.64 Å². The maximum atomic E-state index is 11.9. The van der Waals surface area contributed by atoms with Crippen LogP contribution in [0, 0.1) is 17.8 Å². The van der Waals surface area contributed by atoms with Crippen LogP contribution in [0.25, 0.3) is 0 Å². The summed E-state index contributed by atoms with van der Waals surface area (Å²) in [4.78, 5) is 13.2. The van der Waals surface area contributed by atoms with E-state index in [-0.39, 0.29) is 11.9 Å². The number of hydrogen-bond donors (Lipinski definition) is 1. The largest absolute Gasteiger partial charge is 0.459 e. The number of rotatable bonds is 7. The molecule has 0 spiro atoms. The van der Waals surface area contributed by atoms with Crippen molar-refractivity contribution in [3.8, 4) is 0 Å². The van der Waals surface area contributed by atoms with Crippen LogP contribution in [0.3, 0.4) is 0 Å². The van der Waals surface area contributed by atoms with Crippen molar-refractivity contribution >= 4 is 5.97 Å². The van der Waals surface area contributed by atoms with E-state index in [9.17, 15) is 4.79 Å². The summed E-state index contributed by atoms with van der Waals surface area (Å²) in [7, 11) is 4.11. The Balaban J connectivity index is 4.07. The lowest BCUT2D eigenvalue weighted by atomic mass is 9.88. The number of ether oxygens (including phenoxy) is 1. The summed E-state index contributed by atoms with van der Waals surface area (Å²) in [6.45, 7) is 9.87. The first-order valence-electron chi connectivity index (χ1n) is 6.30. The molecule has 0 aliphatic carbocycles. The van der Waals surface area contributed by atoms with Crippen LogP contribution in [0.1, 0.15) is 34.1 Å². The van der Waals surface area contributed by atoms with Gasteiger partial charge in [-0.05, 0) is 18.3 Å². The second kappa shape index (κ2) is 7.66. The number of carbonyl (C=O) groups is 1. The van der Waals surface area contributed by atoms with Gasteiger partial charge in [-0.25, -0.2) is 0 Å². The summed E-state index contributed by atoms with van der Waals surface area (Å²) < 4.78 is 5.32. The second-order valence-electron chi connectivity index (χ2n) is 5.60. The summed E-state index contributed by atoms with van der Waals surface area (Å²) >= 11 is 0. The van der Waals surface area contributed by atoms with E-state index >= 15 is 0 Å². The molecular weight excluding hydrogens is 202 g/mol. The minimum atomic E-state index is -0.0232. The molecule has 0 heterocycles. The van der Waals surface area contributed by atoms with E-state index in [0.29, 0.717) is 18.4 Å². The summed E-state index contributed by atoms with van der Waals surface area (Å²) in [6.07, 6.45) is 0.922. The van der Waals surface area contributed by atoms with Crippen molar-refractivity contribution in [1.82, 2.24) is 0 Å². The van der Waals surface area contributed by atoms with Gasteiger partial charge in [0, 0.05) is 0 Å². The normalized spacial score (nSPS) is 13.6. The van der Waals surface area contributed by atoms with E-state index in [2.05, 4.69) is 41.8 Å². The number of hydrogen-bond acceptors (Lipinski definition) is 2. The third-order valence-corrected chi connectivity index (χ3v) is 2.68. The highest BCUT2D eigenvalue weighted by Gasteiger charge is 2.24. The van der Waals surface area contributed by atoms with Crippen molar-refractivity contribution in [3.63, 3.8) is 0 Å². The van der Waals surface area contributed by atoms with Crippen molar-refractivity contribution in [2.45, 2.75) is 34.1 Å². The maximum Gasteiger partial charge on any atom is 0.309 e. The molecule has 0 saturated carbocycles. The molecule has 0 amide bonds. The molecule has 0 aromatic carbocycles.